The van der Waals surface area contributed by atoms with E-state index < -0.39 is 9.84 Å². The van der Waals surface area contributed by atoms with Crippen molar-refractivity contribution in [3.05, 3.63) is 64.1 Å². The molecule has 0 saturated carbocycles. The largest absolute Gasteiger partial charge is 0.315 e. The molecule has 1 heterocycles. The van der Waals surface area contributed by atoms with Crippen molar-refractivity contribution in [2.24, 2.45) is 0 Å². The van der Waals surface area contributed by atoms with Crippen LogP contribution in [0.15, 0.2) is 63.3 Å². The number of hydrogen-bond donors (Lipinski definition) is 0. The SMILES string of the molecule is CN(C(=O)Cc1csc(-c2cccc(Br)c2)n1)c1ccc(S(C)(=O)=O)cc1. The summed E-state index contributed by atoms with van der Waals surface area (Å²) in [5.74, 6) is -0.117. The highest BCUT2D eigenvalue weighted by molar-refractivity contribution is 9.10. The predicted molar refractivity (Wildman–Crippen MR) is 112 cm³/mol. The van der Waals surface area contributed by atoms with E-state index in [4.69, 9.17) is 0 Å². The molecule has 3 aromatic rings. The number of amides is 1. The van der Waals surface area contributed by atoms with E-state index in [9.17, 15) is 13.2 Å². The van der Waals surface area contributed by atoms with Crippen molar-refractivity contribution in [3.63, 3.8) is 0 Å². The second kappa shape index (κ2) is 7.92. The molecule has 27 heavy (non-hydrogen) atoms. The maximum Gasteiger partial charge on any atom is 0.232 e. The van der Waals surface area contributed by atoms with E-state index in [1.54, 1.807) is 19.2 Å². The van der Waals surface area contributed by atoms with Gasteiger partial charge in [0.1, 0.15) is 5.01 Å². The predicted octanol–water partition coefficient (Wildman–Crippen LogP) is 4.18. The third kappa shape index (κ3) is 4.82. The normalized spacial score (nSPS) is 11.4. The van der Waals surface area contributed by atoms with Crippen LogP contribution in [-0.2, 0) is 21.1 Å². The van der Waals surface area contributed by atoms with Gasteiger partial charge in [-0.1, -0.05) is 28.1 Å². The molecule has 3 rings (SSSR count). The van der Waals surface area contributed by atoms with E-state index in [0.29, 0.717) is 11.4 Å². The fourth-order valence-corrected chi connectivity index (χ4v) is 4.32. The summed E-state index contributed by atoms with van der Waals surface area (Å²) < 4.78 is 24.1. The number of nitrogens with zero attached hydrogens (tertiary/aromatic N) is 2. The fraction of sp³-hybridized carbons (Fsp3) is 0.158. The molecule has 0 aliphatic rings. The number of carbonyl (C=O) groups excluding carboxylic acids is 1. The summed E-state index contributed by atoms with van der Waals surface area (Å²) in [4.78, 5) is 18.8. The maximum absolute atomic E-state index is 12.6. The van der Waals surface area contributed by atoms with Crippen molar-refractivity contribution in [2.45, 2.75) is 11.3 Å². The third-order valence-corrected chi connectivity index (χ3v) is 6.54. The maximum atomic E-state index is 12.6. The summed E-state index contributed by atoms with van der Waals surface area (Å²) in [5, 5.41) is 2.74. The monoisotopic (exact) mass is 464 g/mol. The van der Waals surface area contributed by atoms with Gasteiger partial charge in [-0.05, 0) is 36.4 Å². The molecule has 140 valence electrons. The number of benzene rings is 2. The van der Waals surface area contributed by atoms with Gasteiger partial charge >= 0.3 is 0 Å². The number of halogens is 1. The quantitative estimate of drug-likeness (QED) is 0.567. The van der Waals surface area contributed by atoms with E-state index in [1.165, 1.54) is 28.4 Å². The zero-order chi connectivity index (χ0) is 19.6. The highest BCUT2D eigenvalue weighted by atomic mass is 79.9. The Morgan fingerprint density at radius 3 is 2.52 bits per heavy atom. The molecule has 0 aliphatic carbocycles. The average molecular weight is 465 g/mol. The average Bonchev–Trinajstić information content (AvgIpc) is 3.09. The molecule has 8 heteroatoms. The number of anilines is 1. The standard InChI is InChI=1S/C19H17BrN2O3S2/c1-22(16-6-8-17(9-7-16)27(2,24)25)18(23)11-15-12-26-19(21-15)13-4-3-5-14(20)10-13/h3-10,12H,11H2,1-2H3. The Bertz CT molecular complexity index is 1080. The van der Waals surface area contributed by atoms with Crippen molar-refractivity contribution < 1.29 is 13.2 Å². The zero-order valence-corrected chi connectivity index (χ0v) is 17.9. The van der Waals surface area contributed by atoms with Gasteiger partial charge in [0.15, 0.2) is 9.84 Å². The number of aromatic nitrogens is 1. The van der Waals surface area contributed by atoms with E-state index in [0.717, 1.165) is 21.3 Å². The molecular weight excluding hydrogens is 448 g/mol. The Kier molecular flexibility index (Phi) is 5.78. The number of likely N-dealkylation sites (N-methyl/N-ethyl adjacent to an activating group) is 1. The second-order valence-electron chi connectivity index (χ2n) is 6.05. The second-order valence-corrected chi connectivity index (χ2v) is 9.84. The van der Waals surface area contributed by atoms with E-state index in [1.807, 2.05) is 29.6 Å². The lowest BCUT2D eigenvalue weighted by molar-refractivity contribution is -0.117. The van der Waals surface area contributed by atoms with E-state index in [2.05, 4.69) is 20.9 Å². The first-order valence-corrected chi connectivity index (χ1v) is 11.6. The van der Waals surface area contributed by atoms with Crippen LogP contribution in [0.3, 0.4) is 0 Å². The molecule has 1 amide bonds. The van der Waals surface area contributed by atoms with Crippen LogP contribution in [0.2, 0.25) is 0 Å². The zero-order valence-electron chi connectivity index (χ0n) is 14.7. The number of thiazole rings is 1. The van der Waals surface area contributed by atoms with Gasteiger partial charge in [-0.2, -0.15) is 0 Å². The van der Waals surface area contributed by atoms with Crippen molar-refractivity contribution in [1.82, 2.24) is 4.98 Å². The first-order valence-electron chi connectivity index (χ1n) is 8.01. The molecule has 0 radical (unpaired) electrons. The van der Waals surface area contributed by atoms with Gasteiger partial charge in [-0.15, -0.1) is 11.3 Å². The topological polar surface area (TPSA) is 67.3 Å². The van der Waals surface area contributed by atoms with Gasteiger partial charge in [0.2, 0.25) is 5.91 Å². The summed E-state index contributed by atoms with van der Waals surface area (Å²) in [6.07, 6.45) is 1.33. The van der Waals surface area contributed by atoms with Crippen molar-refractivity contribution in [1.29, 1.82) is 0 Å². The van der Waals surface area contributed by atoms with E-state index >= 15 is 0 Å². The van der Waals surface area contributed by atoms with Crippen LogP contribution in [0.25, 0.3) is 10.6 Å². The van der Waals surface area contributed by atoms with Crippen LogP contribution in [0.5, 0.6) is 0 Å². The van der Waals surface area contributed by atoms with Gasteiger partial charge in [-0.25, -0.2) is 13.4 Å². The lowest BCUT2D eigenvalue weighted by Gasteiger charge is -2.17. The Balaban J connectivity index is 1.72. The molecule has 0 saturated heterocycles. The molecule has 2 aromatic carbocycles. The fourth-order valence-electron chi connectivity index (χ4n) is 2.48. The summed E-state index contributed by atoms with van der Waals surface area (Å²) in [6, 6.07) is 14.1. The number of sulfone groups is 1. The van der Waals surface area contributed by atoms with Crippen LogP contribution in [0.4, 0.5) is 5.69 Å². The van der Waals surface area contributed by atoms with Gasteiger partial charge in [0, 0.05) is 34.4 Å². The van der Waals surface area contributed by atoms with Crippen molar-refractivity contribution >= 4 is 48.7 Å². The smallest absolute Gasteiger partial charge is 0.232 e. The number of rotatable bonds is 5. The minimum atomic E-state index is -3.26. The summed E-state index contributed by atoms with van der Waals surface area (Å²) >= 11 is 4.94. The summed E-state index contributed by atoms with van der Waals surface area (Å²) in [5.41, 5.74) is 2.34. The summed E-state index contributed by atoms with van der Waals surface area (Å²) in [6.45, 7) is 0. The third-order valence-electron chi connectivity index (χ3n) is 3.98. The number of carbonyl (C=O) groups is 1. The molecule has 0 fully saturated rings. The first kappa shape index (κ1) is 19.7. The minimum absolute atomic E-state index is 0.117. The highest BCUT2D eigenvalue weighted by Crippen LogP contribution is 2.26. The Morgan fingerprint density at radius 1 is 1.19 bits per heavy atom. The first-order chi connectivity index (χ1) is 12.7. The molecule has 0 spiro atoms. The van der Waals surface area contributed by atoms with E-state index in [-0.39, 0.29) is 17.2 Å². The highest BCUT2D eigenvalue weighted by Gasteiger charge is 2.15. The van der Waals surface area contributed by atoms with Gasteiger partial charge in [0.25, 0.3) is 0 Å². The van der Waals surface area contributed by atoms with Crippen molar-refractivity contribution in [3.8, 4) is 10.6 Å². The van der Waals surface area contributed by atoms with Gasteiger partial charge in [0.05, 0.1) is 17.0 Å². The molecule has 0 N–H and O–H groups in total. The molecule has 0 aliphatic heterocycles. The van der Waals surface area contributed by atoms with Crippen LogP contribution >= 0.6 is 27.3 Å². The van der Waals surface area contributed by atoms with Crippen LogP contribution in [0.1, 0.15) is 5.69 Å². The van der Waals surface area contributed by atoms with Gasteiger partial charge in [-0.3, -0.25) is 4.79 Å². The van der Waals surface area contributed by atoms with Crippen molar-refractivity contribution in [2.75, 3.05) is 18.2 Å². The van der Waals surface area contributed by atoms with Crippen LogP contribution < -0.4 is 4.90 Å². The lowest BCUT2D eigenvalue weighted by atomic mass is 10.2. The Labute approximate surface area is 170 Å². The minimum Gasteiger partial charge on any atom is -0.315 e. The summed E-state index contributed by atoms with van der Waals surface area (Å²) in [7, 11) is -1.59. The molecule has 1 aromatic heterocycles. The van der Waals surface area contributed by atoms with Crippen LogP contribution in [-0.4, -0.2) is 32.6 Å². The molecule has 0 bridgehead atoms. The van der Waals surface area contributed by atoms with Gasteiger partial charge < -0.3 is 4.90 Å². The molecular formula is C19H17BrN2O3S2. The lowest BCUT2D eigenvalue weighted by Crippen LogP contribution is -2.27. The van der Waals surface area contributed by atoms with Crippen LogP contribution in [0, 0.1) is 0 Å². The molecule has 5 nitrogen and oxygen atoms in total. The number of hydrogen-bond acceptors (Lipinski definition) is 5. The molecule has 0 atom stereocenters. The Morgan fingerprint density at radius 2 is 1.89 bits per heavy atom. The Hall–Kier alpha value is -2.03. The molecule has 0 unspecified atom stereocenters.